The molecule has 0 saturated heterocycles. The van der Waals surface area contributed by atoms with Crippen LogP contribution in [-0.2, 0) is 14.4 Å². The molecule has 8 heteroatoms. The molecule has 3 N–H and O–H groups in total. The van der Waals surface area contributed by atoms with Crippen LogP contribution in [0.1, 0.15) is 59.9 Å². The van der Waals surface area contributed by atoms with Crippen molar-refractivity contribution in [2.45, 2.75) is 78.6 Å². The summed E-state index contributed by atoms with van der Waals surface area (Å²) in [7, 11) is 3.72. The average molecular weight is 501 g/mol. The van der Waals surface area contributed by atoms with Crippen molar-refractivity contribution in [1.82, 2.24) is 20.9 Å². The lowest BCUT2D eigenvalue weighted by Crippen LogP contribution is -2.62. The molecule has 3 amide bonds. The number of rotatable bonds is 8. The lowest BCUT2D eigenvalue weighted by Gasteiger charge is -2.35. The SMILES string of the molecule is CC[C@@H](C)[C@@H](C(=O)N[C@H]1C(=O)N[C@H]([C@@H](C)CC)C(=O)NC=Cc2ccc(cc2)O[C@@H]1C(C)C)N(C)C. The molecule has 0 aliphatic carbocycles. The van der Waals surface area contributed by atoms with E-state index >= 15 is 0 Å². The van der Waals surface area contributed by atoms with Crippen LogP contribution in [0.25, 0.3) is 6.08 Å². The summed E-state index contributed by atoms with van der Waals surface area (Å²) in [6.07, 6.45) is 4.23. The lowest BCUT2D eigenvalue weighted by atomic mass is 9.93. The predicted molar refractivity (Wildman–Crippen MR) is 143 cm³/mol. The van der Waals surface area contributed by atoms with E-state index in [0.29, 0.717) is 12.2 Å². The Morgan fingerprint density at radius 3 is 2.19 bits per heavy atom. The van der Waals surface area contributed by atoms with Crippen molar-refractivity contribution in [3.8, 4) is 5.75 Å². The minimum absolute atomic E-state index is 0.0814. The van der Waals surface area contributed by atoms with Crippen LogP contribution in [0.3, 0.4) is 0 Å². The first kappa shape index (κ1) is 29.4. The number of nitrogens with one attached hydrogen (secondary N) is 3. The van der Waals surface area contributed by atoms with Crippen LogP contribution in [-0.4, -0.2) is 60.9 Å². The van der Waals surface area contributed by atoms with E-state index in [4.69, 9.17) is 4.74 Å². The summed E-state index contributed by atoms with van der Waals surface area (Å²) >= 11 is 0. The quantitative estimate of drug-likeness (QED) is 0.509. The molecule has 36 heavy (non-hydrogen) atoms. The van der Waals surface area contributed by atoms with Gasteiger partial charge in [0, 0.05) is 6.20 Å². The molecular formula is C28H44N4O4. The Morgan fingerprint density at radius 1 is 1.03 bits per heavy atom. The third-order valence-electron chi connectivity index (χ3n) is 7.02. The number of carbonyl (C=O) groups excluding carboxylic acids is 3. The highest BCUT2D eigenvalue weighted by Crippen LogP contribution is 2.22. The Bertz CT molecular complexity index is 913. The number of likely N-dealkylation sites (N-methyl/N-ethyl adjacent to an activating group) is 1. The average Bonchev–Trinajstić information content (AvgIpc) is 2.83. The maximum atomic E-state index is 13.8. The van der Waals surface area contributed by atoms with Gasteiger partial charge in [-0.1, -0.05) is 66.5 Å². The Balaban J connectivity index is 2.54. The number of amides is 3. The van der Waals surface area contributed by atoms with E-state index < -0.39 is 30.1 Å². The summed E-state index contributed by atoms with van der Waals surface area (Å²) in [5, 5.41) is 8.71. The van der Waals surface area contributed by atoms with E-state index in [9.17, 15) is 14.4 Å². The fraction of sp³-hybridized carbons (Fsp3) is 0.607. The van der Waals surface area contributed by atoms with Crippen LogP contribution in [0.5, 0.6) is 5.75 Å². The molecule has 0 radical (unpaired) electrons. The first-order valence-electron chi connectivity index (χ1n) is 13.0. The van der Waals surface area contributed by atoms with Crippen LogP contribution in [0.2, 0.25) is 0 Å². The standard InChI is InChI=1S/C28H44N4O4/c1-9-18(5)22-26(33)29-16-15-20-11-13-21(14-12-20)36-25(17(3)4)23(27(34)30-22)31-28(35)24(32(7)8)19(6)10-2/h11-19,22-25H,9-10H2,1-8H3,(H,29,33)(H,30,34)(H,31,35)/t18-,19+,22+,23+,24-,25+/m0/s1. The number of ether oxygens (including phenoxy) is 1. The minimum atomic E-state index is -0.999. The maximum Gasteiger partial charge on any atom is 0.247 e. The van der Waals surface area contributed by atoms with Gasteiger partial charge in [0.2, 0.25) is 17.7 Å². The van der Waals surface area contributed by atoms with Crippen molar-refractivity contribution in [2.75, 3.05) is 14.1 Å². The number of hydrogen-bond donors (Lipinski definition) is 3. The summed E-state index contributed by atoms with van der Waals surface area (Å²) in [6, 6.07) is 5.23. The highest BCUT2D eigenvalue weighted by molar-refractivity contribution is 5.94. The number of carbonyl (C=O) groups is 3. The highest BCUT2D eigenvalue weighted by Gasteiger charge is 2.39. The number of benzene rings is 1. The number of fused-ring (bicyclic) bond motifs is 10. The van der Waals surface area contributed by atoms with E-state index in [2.05, 4.69) is 16.0 Å². The van der Waals surface area contributed by atoms with Gasteiger partial charge in [-0.15, -0.1) is 0 Å². The molecule has 0 saturated carbocycles. The number of hydrogen-bond acceptors (Lipinski definition) is 5. The Labute approximate surface area is 216 Å². The second-order valence-electron chi connectivity index (χ2n) is 10.4. The van der Waals surface area contributed by atoms with Crippen molar-refractivity contribution < 1.29 is 19.1 Å². The topological polar surface area (TPSA) is 99.8 Å². The minimum Gasteiger partial charge on any atom is -0.487 e. The van der Waals surface area contributed by atoms with Gasteiger partial charge in [0.05, 0.1) is 6.04 Å². The van der Waals surface area contributed by atoms with Crippen LogP contribution in [0, 0.1) is 17.8 Å². The third kappa shape index (κ3) is 7.56. The van der Waals surface area contributed by atoms with Crippen molar-refractivity contribution in [3.63, 3.8) is 0 Å². The van der Waals surface area contributed by atoms with Crippen molar-refractivity contribution in [1.29, 1.82) is 0 Å². The lowest BCUT2D eigenvalue weighted by molar-refractivity contribution is -0.137. The molecule has 0 spiro atoms. The van der Waals surface area contributed by atoms with E-state index in [0.717, 1.165) is 12.0 Å². The Kier molecular flexibility index (Phi) is 11.0. The predicted octanol–water partition coefficient (Wildman–Crippen LogP) is 3.18. The first-order valence-corrected chi connectivity index (χ1v) is 13.0. The molecule has 8 nitrogen and oxygen atoms in total. The molecule has 2 aliphatic heterocycles. The van der Waals surface area contributed by atoms with Gasteiger partial charge in [0.15, 0.2) is 0 Å². The largest absolute Gasteiger partial charge is 0.487 e. The molecule has 2 heterocycles. The molecule has 3 rings (SSSR count). The number of nitrogens with zero attached hydrogens (tertiary/aromatic N) is 1. The van der Waals surface area contributed by atoms with Gasteiger partial charge in [0.1, 0.15) is 23.9 Å². The Hall–Kier alpha value is -2.87. The van der Waals surface area contributed by atoms with Crippen LogP contribution in [0.15, 0.2) is 30.5 Å². The zero-order chi connectivity index (χ0) is 27.0. The van der Waals surface area contributed by atoms with E-state index in [1.54, 1.807) is 12.3 Å². The monoisotopic (exact) mass is 500 g/mol. The van der Waals surface area contributed by atoms with Gasteiger partial charge in [-0.2, -0.15) is 0 Å². The zero-order valence-corrected chi connectivity index (χ0v) is 23.0. The van der Waals surface area contributed by atoms with Crippen LogP contribution < -0.4 is 20.7 Å². The summed E-state index contributed by atoms with van der Waals surface area (Å²) in [4.78, 5) is 42.2. The molecule has 1 aromatic carbocycles. The van der Waals surface area contributed by atoms with E-state index in [-0.39, 0.29) is 29.6 Å². The van der Waals surface area contributed by atoms with Gasteiger partial charge in [-0.3, -0.25) is 19.3 Å². The van der Waals surface area contributed by atoms with Crippen LogP contribution in [0.4, 0.5) is 0 Å². The molecule has 1 aromatic rings. The molecule has 0 fully saturated rings. The summed E-state index contributed by atoms with van der Waals surface area (Å²) in [6.45, 7) is 11.9. The molecule has 2 aliphatic rings. The second kappa shape index (κ2) is 13.4. The fourth-order valence-corrected chi connectivity index (χ4v) is 4.42. The van der Waals surface area contributed by atoms with Crippen LogP contribution >= 0.6 is 0 Å². The van der Waals surface area contributed by atoms with E-state index in [1.807, 2.05) is 84.8 Å². The third-order valence-corrected chi connectivity index (χ3v) is 7.02. The molecular weight excluding hydrogens is 456 g/mol. The normalized spacial score (nSPS) is 23.3. The van der Waals surface area contributed by atoms with Crippen molar-refractivity contribution in [2.24, 2.45) is 17.8 Å². The zero-order valence-electron chi connectivity index (χ0n) is 23.0. The smallest absolute Gasteiger partial charge is 0.247 e. The van der Waals surface area contributed by atoms with Gasteiger partial charge in [0.25, 0.3) is 0 Å². The molecule has 2 bridgehead atoms. The summed E-state index contributed by atoms with van der Waals surface area (Å²) in [5.74, 6) is -0.528. The molecule has 0 unspecified atom stereocenters. The Morgan fingerprint density at radius 2 is 1.67 bits per heavy atom. The summed E-state index contributed by atoms with van der Waals surface area (Å²) in [5.41, 5.74) is 0.900. The molecule has 200 valence electrons. The van der Waals surface area contributed by atoms with Crippen molar-refractivity contribution >= 4 is 23.8 Å². The second-order valence-corrected chi connectivity index (χ2v) is 10.4. The van der Waals surface area contributed by atoms with E-state index in [1.165, 1.54) is 0 Å². The summed E-state index contributed by atoms with van der Waals surface area (Å²) < 4.78 is 6.32. The molecule has 0 aromatic heterocycles. The highest BCUT2D eigenvalue weighted by atomic mass is 16.5. The van der Waals surface area contributed by atoms with Gasteiger partial charge in [-0.25, -0.2) is 0 Å². The van der Waals surface area contributed by atoms with Gasteiger partial charge < -0.3 is 20.7 Å². The first-order chi connectivity index (χ1) is 17.0. The molecule has 6 atom stereocenters. The van der Waals surface area contributed by atoms with Gasteiger partial charge in [-0.05, 0) is 55.6 Å². The van der Waals surface area contributed by atoms with Crippen molar-refractivity contribution in [3.05, 3.63) is 36.0 Å². The maximum absolute atomic E-state index is 13.8. The fourth-order valence-electron chi connectivity index (χ4n) is 4.42. The van der Waals surface area contributed by atoms with Gasteiger partial charge >= 0.3 is 0 Å².